The lowest BCUT2D eigenvalue weighted by Gasteiger charge is -2.52. The first-order valence-corrected chi connectivity index (χ1v) is 10.6. The van der Waals surface area contributed by atoms with Crippen molar-refractivity contribution in [3.8, 4) is 5.75 Å². The number of piperidine rings is 3. The van der Waals surface area contributed by atoms with E-state index >= 15 is 0 Å². The molecule has 4 nitrogen and oxygen atoms in total. The Hall–Kier alpha value is -1.87. The first-order valence-electron chi connectivity index (χ1n) is 9.74. The van der Waals surface area contributed by atoms with Gasteiger partial charge in [-0.15, -0.1) is 11.3 Å². The van der Waals surface area contributed by atoms with Gasteiger partial charge in [-0.2, -0.15) is 13.2 Å². The van der Waals surface area contributed by atoms with Crippen molar-refractivity contribution in [2.75, 3.05) is 19.7 Å². The first kappa shape index (κ1) is 19.1. The number of ether oxygens (including phenoxy) is 1. The van der Waals surface area contributed by atoms with E-state index in [1.807, 2.05) is 0 Å². The van der Waals surface area contributed by atoms with E-state index in [1.165, 1.54) is 6.07 Å². The molecule has 0 unspecified atom stereocenters. The number of hydrogen-bond donors (Lipinski definition) is 1. The van der Waals surface area contributed by atoms with Gasteiger partial charge in [-0.05, 0) is 62.2 Å². The molecule has 4 fully saturated rings. The van der Waals surface area contributed by atoms with Crippen LogP contribution in [0.4, 0.5) is 17.6 Å². The number of halogens is 4. The van der Waals surface area contributed by atoms with Crippen LogP contribution in [0.5, 0.6) is 5.75 Å². The molecular formula is C20H20F4N2O2S. The molecule has 6 rings (SSSR count). The number of carbonyl (C=O) groups is 1. The zero-order valence-electron chi connectivity index (χ0n) is 15.5. The van der Waals surface area contributed by atoms with Gasteiger partial charge in [0.15, 0.2) is 18.2 Å². The number of amides is 1. The fourth-order valence-electron chi connectivity index (χ4n) is 4.99. The predicted octanol–water partition coefficient (Wildman–Crippen LogP) is 4.34. The molecule has 3 saturated heterocycles. The van der Waals surface area contributed by atoms with E-state index in [9.17, 15) is 22.4 Å². The van der Waals surface area contributed by atoms with Crippen molar-refractivity contribution >= 4 is 27.3 Å². The Morgan fingerprint density at radius 1 is 1.28 bits per heavy atom. The fraction of sp³-hybridized carbons (Fsp3) is 0.550. The average Bonchev–Trinajstić information content (AvgIpc) is 3.33. The van der Waals surface area contributed by atoms with Crippen molar-refractivity contribution in [1.29, 1.82) is 0 Å². The minimum Gasteiger partial charge on any atom is -0.480 e. The van der Waals surface area contributed by atoms with E-state index in [0.29, 0.717) is 16.2 Å². The maximum atomic E-state index is 14.1. The number of hydrogen-bond acceptors (Lipinski definition) is 4. The normalized spacial score (nSPS) is 27.4. The summed E-state index contributed by atoms with van der Waals surface area (Å²) < 4.78 is 56.5. The highest BCUT2D eigenvalue weighted by molar-refractivity contribution is 7.21. The molecule has 1 N–H and O–H groups in total. The van der Waals surface area contributed by atoms with Gasteiger partial charge in [0.2, 0.25) is 0 Å². The number of benzene rings is 1. The van der Waals surface area contributed by atoms with E-state index in [-0.39, 0.29) is 22.2 Å². The molecule has 1 aliphatic carbocycles. The molecule has 1 amide bonds. The van der Waals surface area contributed by atoms with Gasteiger partial charge in [-0.25, -0.2) is 4.39 Å². The van der Waals surface area contributed by atoms with Gasteiger partial charge in [0, 0.05) is 5.54 Å². The van der Waals surface area contributed by atoms with Gasteiger partial charge in [0.25, 0.3) is 5.91 Å². The summed E-state index contributed by atoms with van der Waals surface area (Å²) in [5, 5.41) is 3.68. The van der Waals surface area contributed by atoms with Crippen molar-refractivity contribution in [3.05, 3.63) is 28.9 Å². The second-order valence-electron chi connectivity index (χ2n) is 8.19. The number of thiophene rings is 1. The van der Waals surface area contributed by atoms with Crippen LogP contribution >= 0.6 is 11.3 Å². The largest absolute Gasteiger partial charge is 0.480 e. The van der Waals surface area contributed by atoms with Crippen molar-refractivity contribution < 1.29 is 27.1 Å². The van der Waals surface area contributed by atoms with Crippen molar-refractivity contribution in [3.63, 3.8) is 0 Å². The summed E-state index contributed by atoms with van der Waals surface area (Å²) in [4.78, 5) is 15.8. The highest BCUT2D eigenvalue weighted by atomic mass is 32.1. The summed E-state index contributed by atoms with van der Waals surface area (Å²) in [6, 6.07) is 4.21. The summed E-state index contributed by atoms with van der Waals surface area (Å²) >= 11 is 0.968. The minimum absolute atomic E-state index is 0.0839. The average molecular weight is 428 g/mol. The summed E-state index contributed by atoms with van der Waals surface area (Å²) in [6.07, 6.45) is -0.261. The smallest absolute Gasteiger partial charge is 0.422 e. The highest BCUT2D eigenvalue weighted by Crippen LogP contribution is 2.53. The van der Waals surface area contributed by atoms with Crippen LogP contribution in [0.1, 0.15) is 35.4 Å². The summed E-state index contributed by atoms with van der Waals surface area (Å²) in [6.45, 7) is 0.586. The Labute approximate surface area is 168 Å². The SMILES string of the molecule is O=C(N[C@@H]1C2CCN(CC2)C12CC2)c1cc2ccc(F)c(OCC(F)(F)F)c2s1. The topological polar surface area (TPSA) is 41.6 Å². The van der Waals surface area contributed by atoms with Gasteiger partial charge >= 0.3 is 6.18 Å². The molecule has 4 heterocycles. The molecule has 1 spiro atoms. The number of nitrogens with one attached hydrogen (secondary N) is 1. The molecule has 2 bridgehead atoms. The number of alkyl halides is 3. The lowest BCUT2D eigenvalue weighted by molar-refractivity contribution is -0.153. The quantitative estimate of drug-likeness (QED) is 0.737. The van der Waals surface area contributed by atoms with Crippen molar-refractivity contribution in [2.45, 2.75) is 43.4 Å². The van der Waals surface area contributed by atoms with Crippen LogP contribution in [0.3, 0.4) is 0 Å². The maximum absolute atomic E-state index is 14.1. The second-order valence-corrected chi connectivity index (χ2v) is 9.24. The molecule has 1 atom stereocenters. The zero-order chi connectivity index (χ0) is 20.4. The molecule has 0 radical (unpaired) electrons. The third kappa shape index (κ3) is 3.28. The predicted molar refractivity (Wildman–Crippen MR) is 101 cm³/mol. The van der Waals surface area contributed by atoms with Crippen LogP contribution in [-0.4, -0.2) is 48.3 Å². The van der Waals surface area contributed by atoms with Crippen molar-refractivity contribution in [2.24, 2.45) is 5.92 Å². The Morgan fingerprint density at radius 2 is 2.00 bits per heavy atom. The van der Waals surface area contributed by atoms with E-state index in [1.54, 1.807) is 6.07 Å². The zero-order valence-corrected chi connectivity index (χ0v) is 16.3. The fourth-order valence-corrected chi connectivity index (χ4v) is 6.04. The van der Waals surface area contributed by atoms with Crippen molar-refractivity contribution in [1.82, 2.24) is 10.2 Å². The molecule has 9 heteroatoms. The Bertz CT molecular complexity index is 961. The molecular weight excluding hydrogens is 408 g/mol. The molecule has 156 valence electrons. The maximum Gasteiger partial charge on any atom is 0.422 e. The van der Waals surface area contributed by atoms with Gasteiger partial charge in [-0.3, -0.25) is 9.69 Å². The summed E-state index contributed by atoms with van der Waals surface area (Å²) in [5.41, 5.74) is 0.0839. The van der Waals surface area contributed by atoms with Gasteiger partial charge in [0.1, 0.15) is 0 Å². The van der Waals surface area contributed by atoms with Crippen LogP contribution in [0.15, 0.2) is 18.2 Å². The highest BCUT2D eigenvalue weighted by Gasteiger charge is 2.60. The van der Waals surface area contributed by atoms with Gasteiger partial charge in [-0.1, -0.05) is 6.07 Å². The van der Waals surface area contributed by atoms with Crippen LogP contribution in [0.2, 0.25) is 0 Å². The van der Waals surface area contributed by atoms with Crippen LogP contribution in [0, 0.1) is 11.7 Å². The number of nitrogens with zero attached hydrogens (tertiary/aromatic N) is 1. The number of fused-ring (bicyclic) bond motifs is 3. The molecule has 1 aromatic carbocycles. The summed E-state index contributed by atoms with van der Waals surface area (Å²) in [7, 11) is 0. The molecule has 1 saturated carbocycles. The first-order chi connectivity index (χ1) is 13.8. The molecule has 4 aliphatic rings. The van der Waals surface area contributed by atoms with Crippen LogP contribution in [-0.2, 0) is 0 Å². The minimum atomic E-state index is -4.57. The van der Waals surface area contributed by atoms with E-state index in [2.05, 4.69) is 10.2 Å². The van der Waals surface area contributed by atoms with Gasteiger partial charge < -0.3 is 10.1 Å². The third-order valence-corrected chi connectivity index (χ3v) is 7.61. The molecule has 29 heavy (non-hydrogen) atoms. The van der Waals surface area contributed by atoms with E-state index in [0.717, 1.165) is 56.2 Å². The number of carbonyl (C=O) groups excluding carboxylic acids is 1. The van der Waals surface area contributed by atoms with Gasteiger partial charge in [0.05, 0.1) is 15.6 Å². The Kier molecular flexibility index (Phi) is 4.33. The van der Waals surface area contributed by atoms with E-state index < -0.39 is 24.3 Å². The summed E-state index contributed by atoms with van der Waals surface area (Å²) in [5.74, 6) is -1.11. The Balaban J connectivity index is 1.40. The lowest BCUT2D eigenvalue weighted by Crippen LogP contribution is -2.65. The van der Waals surface area contributed by atoms with Crippen LogP contribution < -0.4 is 10.1 Å². The Morgan fingerprint density at radius 3 is 2.66 bits per heavy atom. The second kappa shape index (κ2) is 6.57. The monoisotopic (exact) mass is 428 g/mol. The standard InChI is InChI=1S/C20H20F4N2O2S/c21-13-2-1-12-9-14(29-16(12)15(13)28-10-20(22,23)24)18(27)25-17-11-3-7-26(8-4-11)19(17)5-6-19/h1-2,9,11,17H,3-8,10H2,(H,25,27)/t17-/m1/s1. The molecule has 1 aromatic heterocycles. The number of rotatable bonds is 4. The van der Waals surface area contributed by atoms with E-state index in [4.69, 9.17) is 4.74 Å². The molecule has 2 aromatic rings. The lowest BCUT2D eigenvalue weighted by atomic mass is 9.77. The van der Waals surface area contributed by atoms with Crippen LogP contribution in [0.25, 0.3) is 10.1 Å². The third-order valence-electron chi connectivity index (χ3n) is 6.47. The molecule has 3 aliphatic heterocycles.